The molecule has 0 unspecified atom stereocenters. The van der Waals surface area contributed by atoms with E-state index in [0.29, 0.717) is 45.9 Å². The Balaban J connectivity index is 1.15. The summed E-state index contributed by atoms with van der Waals surface area (Å²) in [6.45, 7) is 5.82. The van der Waals surface area contributed by atoms with Crippen LogP contribution in [0.5, 0.6) is 11.5 Å². The molecule has 0 spiro atoms. The smallest absolute Gasteiger partial charge is 0.317 e. The van der Waals surface area contributed by atoms with Gasteiger partial charge in [-0.1, -0.05) is 48.5 Å². The largest absolute Gasteiger partial charge is 0.491 e. The molecule has 0 saturated heterocycles. The molecule has 5 aromatic rings. The Bertz CT molecular complexity index is 2000. The summed E-state index contributed by atoms with van der Waals surface area (Å²) in [6, 6.07) is 25.2. The molecular weight excluding hydrogens is 604 g/mol. The van der Waals surface area contributed by atoms with E-state index < -0.39 is 0 Å². The number of fused-ring (bicyclic) bond motifs is 3. The number of urea groups is 2. The fourth-order valence-corrected chi connectivity index (χ4v) is 6.70. The highest BCUT2D eigenvalue weighted by atomic mass is 16.5. The van der Waals surface area contributed by atoms with Crippen molar-refractivity contribution in [3.8, 4) is 33.8 Å². The van der Waals surface area contributed by atoms with E-state index in [-0.39, 0.29) is 12.1 Å². The maximum atomic E-state index is 12.4. The summed E-state index contributed by atoms with van der Waals surface area (Å²) in [5, 5.41) is 11.3. The van der Waals surface area contributed by atoms with Gasteiger partial charge in [-0.25, -0.2) is 9.59 Å². The molecule has 0 atom stereocenters. The first kappa shape index (κ1) is 31.1. The van der Waals surface area contributed by atoms with Crippen LogP contribution in [0.25, 0.3) is 33.2 Å². The van der Waals surface area contributed by atoms with E-state index in [1.54, 1.807) is 23.9 Å². The number of benzene rings is 4. The van der Waals surface area contributed by atoms with Gasteiger partial charge in [-0.05, 0) is 65.4 Å². The zero-order chi connectivity index (χ0) is 33.2. The van der Waals surface area contributed by atoms with Crippen LogP contribution in [0.15, 0.2) is 79.0 Å². The molecule has 7 rings (SSSR count). The Labute approximate surface area is 280 Å². The van der Waals surface area contributed by atoms with Gasteiger partial charge in [-0.2, -0.15) is 5.10 Å². The topological polar surface area (TPSA) is 101 Å². The van der Waals surface area contributed by atoms with E-state index in [9.17, 15) is 9.59 Å². The van der Waals surface area contributed by atoms with Crippen LogP contribution in [-0.2, 0) is 26.1 Å². The second-order valence-electron chi connectivity index (χ2n) is 12.3. The van der Waals surface area contributed by atoms with Gasteiger partial charge in [0.25, 0.3) is 0 Å². The van der Waals surface area contributed by atoms with Crippen LogP contribution in [0.2, 0.25) is 0 Å². The van der Waals surface area contributed by atoms with Crippen molar-refractivity contribution in [1.29, 1.82) is 0 Å². The Morgan fingerprint density at radius 2 is 1.40 bits per heavy atom. The standard InChI is InChI=1S/C38H40N6O4/c1-25-7-8-26(19-33(25)28-10-12-35-31(21-28)24-43(16-18-48-35)38(46)40-3)13-14-44-36-29(22-41-44)5-4-6-32(36)27-9-11-34-30(20-27)23-42(15-17-47-34)37(45)39-2/h4-12,19-22H,13-18,23-24H2,1-3H3,(H,39,45)(H,40,46). The number of carbonyl (C=O) groups excluding carboxylic acids is 2. The Morgan fingerprint density at radius 1 is 0.771 bits per heavy atom. The van der Waals surface area contributed by atoms with Crippen LogP contribution in [0.4, 0.5) is 9.59 Å². The molecule has 2 N–H and O–H groups in total. The minimum Gasteiger partial charge on any atom is -0.491 e. The first-order valence-electron chi connectivity index (χ1n) is 16.4. The Morgan fingerprint density at radius 3 is 2.02 bits per heavy atom. The number of ether oxygens (including phenoxy) is 2. The molecule has 1 aromatic heterocycles. The predicted octanol–water partition coefficient (Wildman–Crippen LogP) is 5.99. The fraction of sp³-hybridized carbons (Fsp3) is 0.289. The maximum Gasteiger partial charge on any atom is 0.317 e. The molecule has 4 aromatic carbocycles. The van der Waals surface area contributed by atoms with Crippen molar-refractivity contribution in [3.05, 3.63) is 101 Å². The summed E-state index contributed by atoms with van der Waals surface area (Å²) < 4.78 is 14.1. The molecule has 2 aliphatic rings. The lowest BCUT2D eigenvalue weighted by Crippen LogP contribution is -2.38. The molecule has 2 aliphatic heterocycles. The molecule has 4 amide bonds. The van der Waals surface area contributed by atoms with Gasteiger partial charge in [0.2, 0.25) is 0 Å². The third-order valence-corrected chi connectivity index (χ3v) is 9.28. The summed E-state index contributed by atoms with van der Waals surface area (Å²) >= 11 is 0. The fourth-order valence-electron chi connectivity index (χ4n) is 6.70. The number of nitrogens with one attached hydrogen (secondary N) is 2. The van der Waals surface area contributed by atoms with Crippen molar-refractivity contribution < 1.29 is 19.1 Å². The molecule has 0 aliphatic carbocycles. The SMILES string of the molecule is CNC(=O)N1CCOc2ccc(-c3cc(CCn4ncc5cccc(-c6ccc7c(c6)CN(C(=O)NC)CCO7)c54)ccc3C)cc2C1. The Kier molecular flexibility index (Phi) is 8.63. The minimum atomic E-state index is -0.111. The van der Waals surface area contributed by atoms with E-state index in [4.69, 9.17) is 14.6 Å². The minimum absolute atomic E-state index is 0.104. The third-order valence-electron chi connectivity index (χ3n) is 9.28. The number of amides is 4. The average Bonchev–Trinajstić information content (AvgIpc) is 3.26. The molecule has 10 heteroatoms. The highest BCUT2D eigenvalue weighted by molar-refractivity contribution is 5.94. The Hall–Kier alpha value is -5.51. The van der Waals surface area contributed by atoms with Crippen molar-refractivity contribution in [2.45, 2.75) is 33.0 Å². The molecular formula is C38H40N6O4. The van der Waals surface area contributed by atoms with Crippen LogP contribution in [0.3, 0.4) is 0 Å². The van der Waals surface area contributed by atoms with Crippen LogP contribution < -0.4 is 20.1 Å². The first-order chi connectivity index (χ1) is 23.4. The number of rotatable bonds is 5. The number of aryl methyl sites for hydroxylation is 3. The van der Waals surface area contributed by atoms with Gasteiger partial charge in [0, 0.05) is 42.7 Å². The monoisotopic (exact) mass is 644 g/mol. The van der Waals surface area contributed by atoms with Gasteiger partial charge >= 0.3 is 12.1 Å². The van der Waals surface area contributed by atoms with Crippen molar-refractivity contribution in [2.75, 3.05) is 40.4 Å². The van der Waals surface area contributed by atoms with Crippen LogP contribution in [0, 0.1) is 6.92 Å². The van der Waals surface area contributed by atoms with E-state index in [0.717, 1.165) is 62.2 Å². The lowest BCUT2D eigenvalue weighted by atomic mass is 9.95. The third kappa shape index (κ3) is 6.13. The van der Waals surface area contributed by atoms with Crippen molar-refractivity contribution >= 4 is 23.0 Å². The average molecular weight is 645 g/mol. The van der Waals surface area contributed by atoms with E-state index in [1.165, 1.54) is 11.1 Å². The van der Waals surface area contributed by atoms with Gasteiger partial charge in [-0.3, -0.25) is 4.68 Å². The zero-order valence-corrected chi connectivity index (χ0v) is 27.6. The predicted molar refractivity (Wildman–Crippen MR) is 186 cm³/mol. The zero-order valence-electron chi connectivity index (χ0n) is 27.6. The van der Waals surface area contributed by atoms with Crippen molar-refractivity contribution in [1.82, 2.24) is 30.2 Å². The highest BCUT2D eigenvalue weighted by Gasteiger charge is 2.22. The van der Waals surface area contributed by atoms with Gasteiger partial charge in [-0.15, -0.1) is 0 Å². The van der Waals surface area contributed by atoms with Crippen molar-refractivity contribution in [2.24, 2.45) is 0 Å². The van der Waals surface area contributed by atoms with E-state index >= 15 is 0 Å². The van der Waals surface area contributed by atoms with Crippen LogP contribution >= 0.6 is 0 Å². The quantitative estimate of drug-likeness (QED) is 0.245. The lowest BCUT2D eigenvalue weighted by molar-refractivity contribution is 0.189. The van der Waals surface area contributed by atoms with Gasteiger partial charge in [0.05, 0.1) is 37.9 Å². The van der Waals surface area contributed by atoms with Gasteiger partial charge < -0.3 is 29.9 Å². The molecule has 0 bridgehead atoms. The second-order valence-corrected chi connectivity index (χ2v) is 12.3. The molecule has 0 saturated carbocycles. The molecule has 0 radical (unpaired) electrons. The normalized spacial score (nSPS) is 14.2. The highest BCUT2D eigenvalue weighted by Crippen LogP contribution is 2.35. The molecule has 246 valence electrons. The number of aromatic nitrogens is 2. The lowest BCUT2D eigenvalue weighted by Gasteiger charge is -2.19. The number of para-hydroxylation sites is 1. The van der Waals surface area contributed by atoms with Crippen LogP contribution in [0.1, 0.15) is 22.3 Å². The summed E-state index contributed by atoms with van der Waals surface area (Å²) in [5.74, 6) is 1.64. The summed E-state index contributed by atoms with van der Waals surface area (Å²) in [7, 11) is 3.30. The van der Waals surface area contributed by atoms with Crippen molar-refractivity contribution in [3.63, 3.8) is 0 Å². The first-order valence-corrected chi connectivity index (χ1v) is 16.4. The molecule has 48 heavy (non-hydrogen) atoms. The van der Waals surface area contributed by atoms with Crippen LogP contribution in [-0.4, -0.2) is 72.0 Å². The van der Waals surface area contributed by atoms with E-state index in [2.05, 4.69) is 82.9 Å². The number of hydrogen-bond acceptors (Lipinski definition) is 5. The summed E-state index contributed by atoms with van der Waals surface area (Å²) in [4.78, 5) is 28.4. The summed E-state index contributed by atoms with van der Waals surface area (Å²) in [6.07, 6.45) is 2.73. The van der Waals surface area contributed by atoms with Gasteiger partial charge in [0.1, 0.15) is 24.7 Å². The summed E-state index contributed by atoms with van der Waals surface area (Å²) in [5.41, 5.74) is 9.87. The molecule has 10 nitrogen and oxygen atoms in total. The number of nitrogens with zero attached hydrogens (tertiary/aromatic N) is 4. The van der Waals surface area contributed by atoms with Gasteiger partial charge in [0.15, 0.2) is 0 Å². The molecule has 0 fully saturated rings. The maximum absolute atomic E-state index is 12.4. The second kappa shape index (κ2) is 13.3. The molecule has 3 heterocycles. The number of carbonyl (C=O) groups is 2. The van der Waals surface area contributed by atoms with E-state index in [1.807, 2.05) is 18.3 Å². The number of hydrogen-bond donors (Lipinski definition) is 2.